The third-order valence-corrected chi connectivity index (χ3v) is 4.74. The largest absolute Gasteiger partial charge is 0.497 e. The number of hydrogen-bond acceptors (Lipinski definition) is 3. The summed E-state index contributed by atoms with van der Waals surface area (Å²) in [6.45, 7) is 2.47. The molecule has 4 nitrogen and oxygen atoms in total. The number of hydrogen-bond donors (Lipinski definition) is 1. The lowest BCUT2D eigenvalue weighted by Crippen LogP contribution is -2.47. The van der Waals surface area contributed by atoms with Crippen LogP contribution in [0.3, 0.4) is 0 Å². The van der Waals surface area contributed by atoms with Crippen molar-refractivity contribution < 1.29 is 13.9 Å². The molecule has 1 aliphatic rings. The standard InChI is InChI=1S/C20H23FN2O2/c1-13-11-16(25-2)9-8-15(13)12-18(22)20(24)23-10-4-6-14-5-3-7-17(21)19(14)23/h3,5,7-9,11,18H,4,6,10,12,22H2,1-2H3. The normalized spacial score (nSPS) is 14.8. The van der Waals surface area contributed by atoms with E-state index >= 15 is 0 Å². The number of halogens is 1. The molecule has 5 heteroatoms. The molecule has 0 bridgehead atoms. The predicted octanol–water partition coefficient (Wildman–Crippen LogP) is 2.99. The Kier molecular flexibility index (Phi) is 5.04. The number of aryl methyl sites for hydroxylation is 2. The van der Waals surface area contributed by atoms with E-state index in [-0.39, 0.29) is 11.7 Å². The third kappa shape index (κ3) is 3.51. The lowest BCUT2D eigenvalue weighted by molar-refractivity contribution is -0.119. The van der Waals surface area contributed by atoms with Gasteiger partial charge in [0.2, 0.25) is 5.91 Å². The maximum atomic E-state index is 14.3. The first-order valence-corrected chi connectivity index (χ1v) is 8.49. The summed E-state index contributed by atoms with van der Waals surface area (Å²) in [4.78, 5) is 14.4. The molecule has 0 saturated heterocycles. The number of fused-ring (bicyclic) bond motifs is 1. The van der Waals surface area contributed by atoms with Crippen molar-refractivity contribution in [2.75, 3.05) is 18.6 Å². The Labute approximate surface area is 147 Å². The minimum atomic E-state index is -0.711. The lowest BCUT2D eigenvalue weighted by Gasteiger charge is -2.31. The average molecular weight is 342 g/mol. The Morgan fingerprint density at radius 1 is 1.36 bits per heavy atom. The van der Waals surface area contributed by atoms with Crippen LogP contribution in [0.25, 0.3) is 0 Å². The molecule has 0 fully saturated rings. The van der Waals surface area contributed by atoms with Crippen molar-refractivity contribution >= 4 is 11.6 Å². The van der Waals surface area contributed by atoms with Crippen molar-refractivity contribution in [1.29, 1.82) is 0 Å². The van der Waals surface area contributed by atoms with Gasteiger partial charge in [-0.25, -0.2) is 4.39 Å². The van der Waals surface area contributed by atoms with Crippen LogP contribution in [-0.2, 0) is 17.6 Å². The van der Waals surface area contributed by atoms with Gasteiger partial charge in [-0.1, -0.05) is 18.2 Å². The van der Waals surface area contributed by atoms with Crippen molar-refractivity contribution in [1.82, 2.24) is 0 Å². The van der Waals surface area contributed by atoms with Crippen LogP contribution in [0.15, 0.2) is 36.4 Å². The van der Waals surface area contributed by atoms with Crippen molar-refractivity contribution in [3.63, 3.8) is 0 Å². The summed E-state index contributed by atoms with van der Waals surface area (Å²) in [5.74, 6) is 0.174. The number of carbonyl (C=O) groups excluding carboxylic acids is 1. The zero-order valence-corrected chi connectivity index (χ0v) is 14.6. The number of nitrogens with two attached hydrogens (primary N) is 1. The summed E-state index contributed by atoms with van der Waals surface area (Å²) in [6.07, 6.45) is 2.01. The molecule has 2 N–H and O–H groups in total. The molecule has 2 aromatic carbocycles. The van der Waals surface area contributed by atoms with Crippen LogP contribution >= 0.6 is 0 Å². The van der Waals surface area contributed by atoms with E-state index in [1.54, 1.807) is 13.2 Å². The van der Waals surface area contributed by atoms with Crippen molar-refractivity contribution in [2.24, 2.45) is 5.73 Å². The van der Waals surface area contributed by atoms with Crippen molar-refractivity contribution in [3.8, 4) is 5.75 Å². The number of para-hydroxylation sites is 1. The molecular formula is C20H23FN2O2. The van der Waals surface area contributed by atoms with E-state index in [2.05, 4.69) is 0 Å². The topological polar surface area (TPSA) is 55.6 Å². The number of methoxy groups -OCH3 is 1. The van der Waals surface area contributed by atoms with Gasteiger partial charge in [-0.05, 0) is 61.1 Å². The number of benzene rings is 2. The van der Waals surface area contributed by atoms with Gasteiger partial charge in [0.1, 0.15) is 11.6 Å². The Morgan fingerprint density at radius 3 is 2.88 bits per heavy atom. The van der Waals surface area contributed by atoms with Crippen LogP contribution in [0.1, 0.15) is 23.1 Å². The van der Waals surface area contributed by atoms with Crippen LogP contribution < -0.4 is 15.4 Å². The van der Waals surface area contributed by atoms with E-state index in [1.807, 2.05) is 31.2 Å². The molecule has 0 saturated carbocycles. The monoisotopic (exact) mass is 342 g/mol. The molecule has 0 aliphatic carbocycles. The van der Waals surface area contributed by atoms with Crippen LogP contribution in [0, 0.1) is 12.7 Å². The molecule has 1 unspecified atom stereocenters. The Morgan fingerprint density at radius 2 is 2.16 bits per heavy atom. The van der Waals surface area contributed by atoms with Gasteiger partial charge < -0.3 is 15.4 Å². The fourth-order valence-corrected chi connectivity index (χ4v) is 3.37. The first-order chi connectivity index (χ1) is 12.0. The summed E-state index contributed by atoms with van der Waals surface area (Å²) in [5.41, 5.74) is 9.45. The first-order valence-electron chi connectivity index (χ1n) is 8.49. The summed E-state index contributed by atoms with van der Waals surface area (Å²) in [5, 5.41) is 0. The first kappa shape index (κ1) is 17.4. The molecule has 1 amide bonds. The van der Waals surface area contributed by atoms with Crippen molar-refractivity contribution in [3.05, 3.63) is 58.9 Å². The van der Waals surface area contributed by atoms with Gasteiger partial charge in [-0.15, -0.1) is 0 Å². The molecule has 132 valence electrons. The highest BCUT2D eigenvalue weighted by Gasteiger charge is 2.29. The number of ether oxygens (including phenoxy) is 1. The SMILES string of the molecule is COc1ccc(CC(N)C(=O)N2CCCc3cccc(F)c32)c(C)c1. The fraction of sp³-hybridized carbons (Fsp3) is 0.350. The van der Waals surface area contributed by atoms with E-state index in [1.165, 1.54) is 11.0 Å². The van der Waals surface area contributed by atoms with Crippen LogP contribution in [0.4, 0.5) is 10.1 Å². The number of carbonyl (C=O) groups is 1. The summed E-state index contributed by atoms with van der Waals surface area (Å²) < 4.78 is 19.5. The van der Waals surface area contributed by atoms with E-state index in [0.29, 0.717) is 18.7 Å². The van der Waals surface area contributed by atoms with Gasteiger partial charge in [0, 0.05) is 6.54 Å². The number of anilines is 1. The maximum absolute atomic E-state index is 14.3. The number of amides is 1. The van der Waals surface area contributed by atoms with Crippen LogP contribution in [0.5, 0.6) is 5.75 Å². The zero-order valence-electron chi connectivity index (χ0n) is 14.6. The highest BCUT2D eigenvalue weighted by molar-refractivity contribution is 5.98. The van der Waals surface area contributed by atoms with Crippen LogP contribution in [0.2, 0.25) is 0 Å². The van der Waals surface area contributed by atoms with Gasteiger partial charge in [-0.2, -0.15) is 0 Å². The van der Waals surface area contributed by atoms with E-state index in [9.17, 15) is 9.18 Å². The third-order valence-electron chi connectivity index (χ3n) is 4.74. The molecule has 25 heavy (non-hydrogen) atoms. The number of nitrogens with zero attached hydrogens (tertiary/aromatic N) is 1. The van der Waals surface area contributed by atoms with Gasteiger partial charge in [0.15, 0.2) is 0 Å². The smallest absolute Gasteiger partial charge is 0.244 e. The summed E-state index contributed by atoms with van der Waals surface area (Å²) >= 11 is 0. The van der Waals surface area contributed by atoms with Gasteiger partial charge in [0.05, 0.1) is 18.8 Å². The Hall–Kier alpha value is -2.40. The van der Waals surface area contributed by atoms with Gasteiger partial charge >= 0.3 is 0 Å². The molecular weight excluding hydrogens is 319 g/mol. The molecule has 0 spiro atoms. The van der Waals surface area contributed by atoms with Crippen molar-refractivity contribution in [2.45, 2.75) is 32.2 Å². The van der Waals surface area contributed by atoms with Crippen LogP contribution in [-0.4, -0.2) is 25.6 Å². The van der Waals surface area contributed by atoms with Gasteiger partial charge in [-0.3, -0.25) is 4.79 Å². The molecule has 0 aromatic heterocycles. The summed E-state index contributed by atoms with van der Waals surface area (Å²) in [7, 11) is 1.62. The second kappa shape index (κ2) is 7.23. The molecule has 1 heterocycles. The lowest BCUT2D eigenvalue weighted by atomic mass is 9.97. The maximum Gasteiger partial charge on any atom is 0.244 e. The fourth-order valence-electron chi connectivity index (χ4n) is 3.37. The second-order valence-electron chi connectivity index (χ2n) is 6.44. The molecule has 0 radical (unpaired) electrons. The molecule has 1 atom stereocenters. The van der Waals surface area contributed by atoms with E-state index in [4.69, 9.17) is 10.5 Å². The quantitative estimate of drug-likeness (QED) is 0.929. The molecule has 2 aromatic rings. The predicted molar refractivity (Wildman–Crippen MR) is 96.5 cm³/mol. The Balaban J connectivity index is 1.80. The molecule has 3 rings (SSSR count). The average Bonchev–Trinajstić information content (AvgIpc) is 2.62. The van der Waals surface area contributed by atoms with E-state index in [0.717, 1.165) is 35.3 Å². The highest BCUT2D eigenvalue weighted by atomic mass is 19.1. The minimum Gasteiger partial charge on any atom is -0.497 e. The second-order valence-corrected chi connectivity index (χ2v) is 6.44. The highest BCUT2D eigenvalue weighted by Crippen LogP contribution is 2.30. The Bertz CT molecular complexity index is 791. The van der Waals surface area contributed by atoms with Gasteiger partial charge in [0.25, 0.3) is 0 Å². The minimum absolute atomic E-state index is 0.235. The van der Waals surface area contributed by atoms with E-state index < -0.39 is 6.04 Å². The zero-order chi connectivity index (χ0) is 18.0. The summed E-state index contributed by atoms with van der Waals surface area (Å²) in [6, 6.07) is 9.94. The number of rotatable bonds is 4. The molecule has 1 aliphatic heterocycles.